The molecule has 0 aliphatic carbocycles. The second-order valence-electron chi connectivity index (χ2n) is 7.74. The van der Waals surface area contributed by atoms with Crippen LogP contribution in [0, 0.1) is 0 Å². The van der Waals surface area contributed by atoms with E-state index in [1.165, 1.54) is 36.3 Å². The highest BCUT2D eigenvalue weighted by Crippen LogP contribution is 2.33. The van der Waals surface area contributed by atoms with E-state index < -0.39 is 24.1 Å². The van der Waals surface area contributed by atoms with Gasteiger partial charge < -0.3 is 24.0 Å². The number of ether oxygens (including phenoxy) is 3. The standard InChI is InChI=1S/C21H30F2N2O5/c1-21(2,3)30-18(27)14-25(13-12-24(4)5)17(26)11-10-15-8-7-9-16(28-6)19(15)29-20(22)23/h7-11,20H,12-14H2,1-6H3/b11-10+. The Morgan fingerprint density at radius 1 is 1.17 bits per heavy atom. The fourth-order valence-electron chi connectivity index (χ4n) is 2.42. The lowest BCUT2D eigenvalue weighted by molar-refractivity contribution is -0.158. The van der Waals surface area contributed by atoms with Gasteiger partial charge in [0.15, 0.2) is 11.5 Å². The molecule has 0 unspecified atom stereocenters. The minimum absolute atomic E-state index is 0.114. The summed E-state index contributed by atoms with van der Waals surface area (Å²) in [4.78, 5) is 28.1. The zero-order valence-corrected chi connectivity index (χ0v) is 18.3. The third kappa shape index (κ3) is 9.21. The summed E-state index contributed by atoms with van der Waals surface area (Å²) < 4.78 is 40.4. The topological polar surface area (TPSA) is 68.3 Å². The lowest BCUT2D eigenvalue weighted by Crippen LogP contribution is -2.41. The zero-order valence-electron chi connectivity index (χ0n) is 18.3. The van der Waals surface area contributed by atoms with Gasteiger partial charge in [-0.2, -0.15) is 8.78 Å². The van der Waals surface area contributed by atoms with Crippen molar-refractivity contribution in [3.63, 3.8) is 0 Å². The van der Waals surface area contributed by atoms with Crippen molar-refractivity contribution in [3.8, 4) is 11.5 Å². The van der Waals surface area contributed by atoms with Gasteiger partial charge in [0.2, 0.25) is 5.91 Å². The van der Waals surface area contributed by atoms with Crippen molar-refractivity contribution in [2.45, 2.75) is 33.0 Å². The molecule has 0 heterocycles. The molecule has 9 heteroatoms. The number of methoxy groups -OCH3 is 1. The van der Waals surface area contributed by atoms with Gasteiger partial charge in [0.1, 0.15) is 12.1 Å². The summed E-state index contributed by atoms with van der Waals surface area (Å²) in [5.74, 6) is -1.06. The molecular formula is C21H30F2N2O5. The van der Waals surface area contributed by atoms with Gasteiger partial charge in [-0.25, -0.2) is 0 Å². The Morgan fingerprint density at radius 2 is 1.83 bits per heavy atom. The second kappa shape index (κ2) is 11.5. The van der Waals surface area contributed by atoms with Crippen LogP contribution in [-0.2, 0) is 14.3 Å². The molecule has 1 amide bonds. The average Bonchev–Trinajstić information content (AvgIpc) is 2.61. The van der Waals surface area contributed by atoms with Crippen molar-refractivity contribution in [1.82, 2.24) is 9.80 Å². The van der Waals surface area contributed by atoms with E-state index in [0.29, 0.717) is 6.54 Å². The van der Waals surface area contributed by atoms with Crippen molar-refractivity contribution in [1.29, 1.82) is 0 Å². The van der Waals surface area contributed by atoms with Crippen LogP contribution in [0.5, 0.6) is 11.5 Å². The molecule has 0 N–H and O–H groups in total. The summed E-state index contributed by atoms with van der Waals surface area (Å²) in [6.45, 7) is 2.76. The molecule has 0 aliphatic heterocycles. The van der Waals surface area contributed by atoms with Gasteiger partial charge in [-0.05, 0) is 47.0 Å². The quantitative estimate of drug-likeness (QED) is 0.422. The highest BCUT2D eigenvalue weighted by atomic mass is 19.3. The van der Waals surface area contributed by atoms with Gasteiger partial charge in [-0.15, -0.1) is 0 Å². The smallest absolute Gasteiger partial charge is 0.387 e. The predicted molar refractivity (Wildman–Crippen MR) is 110 cm³/mol. The number of hydrogen-bond acceptors (Lipinski definition) is 6. The van der Waals surface area contributed by atoms with Crippen LogP contribution in [0.3, 0.4) is 0 Å². The van der Waals surface area contributed by atoms with E-state index in [1.54, 1.807) is 26.8 Å². The molecule has 0 aliphatic rings. The molecule has 7 nitrogen and oxygen atoms in total. The van der Waals surface area contributed by atoms with Crippen LogP contribution in [-0.4, -0.2) is 74.7 Å². The third-order valence-electron chi connectivity index (χ3n) is 3.71. The van der Waals surface area contributed by atoms with Gasteiger partial charge in [0.25, 0.3) is 0 Å². The fraction of sp³-hybridized carbons (Fsp3) is 0.524. The first-order chi connectivity index (χ1) is 13.9. The van der Waals surface area contributed by atoms with E-state index in [2.05, 4.69) is 4.74 Å². The third-order valence-corrected chi connectivity index (χ3v) is 3.71. The molecule has 0 radical (unpaired) electrons. The molecule has 1 rings (SSSR count). The van der Waals surface area contributed by atoms with Gasteiger partial charge in [0, 0.05) is 24.7 Å². The number of amides is 1. The largest absolute Gasteiger partial charge is 0.493 e. The minimum Gasteiger partial charge on any atom is -0.493 e. The predicted octanol–water partition coefficient (Wildman–Crippen LogP) is 3.04. The first-order valence-corrected chi connectivity index (χ1v) is 9.38. The number of para-hydroxylation sites is 1. The van der Waals surface area contributed by atoms with Crippen LogP contribution in [0.2, 0.25) is 0 Å². The van der Waals surface area contributed by atoms with E-state index in [4.69, 9.17) is 9.47 Å². The molecule has 0 spiro atoms. The number of nitrogens with zero attached hydrogens (tertiary/aromatic N) is 2. The maximum atomic E-state index is 12.8. The van der Waals surface area contributed by atoms with E-state index in [9.17, 15) is 18.4 Å². The molecule has 1 aromatic carbocycles. The zero-order chi connectivity index (χ0) is 22.9. The Morgan fingerprint density at radius 3 is 2.37 bits per heavy atom. The molecule has 0 bridgehead atoms. The highest BCUT2D eigenvalue weighted by Gasteiger charge is 2.21. The van der Waals surface area contributed by atoms with E-state index >= 15 is 0 Å². The van der Waals surface area contributed by atoms with Crippen LogP contribution in [0.15, 0.2) is 24.3 Å². The van der Waals surface area contributed by atoms with Crippen LogP contribution in [0.4, 0.5) is 8.78 Å². The molecule has 168 valence electrons. The summed E-state index contributed by atoms with van der Waals surface area (Å²) in [7, 11) is 5.02. The summed E-state index contributed by atoms with van der Waals surface area (Å²) in [5, 5.41) is 0. The summed E-state index contributed by atoms with van der Waals surface area (Å²) in [6, 6.07) is 4.58. The number of rotatable bonds is 10. The summed E-state index contributed by atoms with van der Waals surface area (Å²) in [6.07, 6.45) is 2.55. The fourth-order valence-corrected chi connectivity index (χ4v) is 2.42. The van der Waals surface area contributed by atoms with Crippen LogP contribution < -0.4 is 9.47 Å². The van der Waals surface area contributed by atoms with Crippen molar-refractivity contribution in [2.75, 3.05) is 40.8 Å². The number of esters is 1. The number of carbonyl (C=O) groups excluding carboxylic acids is 2. The summed E-state index contributed by atoms with van der Waals surface area (Å²) >= 11 is 0. The van der Waals surface area contributed by atoms with Gasteiger partial charge in [-0.3, -0.25) is 9.59 Å². The molecule has 1 aromatic rings. The van der Waals surface area contributed by atoms with E-state index in [1.807, 2.05) is 19.0 Å². The average molecular weight is 428 g/mol. The first kappa shape index (κ1) is 25.4. The lowest BCUT2D eigenvalue weighted by Gasteiger charge is -2.25. The number of carbonyl (C=O) groups is 2. The molecule has 0 saturated carbocycles. The van der Waals surface area contributed by atoms with Gasteiger partial charge in [-0.1, -0.05) is 12.1 Å². The number of hydrogen-bond donors (Lipinski definition) is 0. The van der Waals surface area contributed by atoms with Crippen LogP contribution in [0.1, 0.15) is 26.3 Å². The Hall–Kier alpha value is -2.68. The molecule has 0 fully saturated rings. The van der Waals surface area contributed by atoms with Crippen molar-refractivity contribution < 1.29 is 32.6 Å². The molecule has 0 aromatic heterocycles. The van der Waals surface area contributed by atoms with Crippen molar-refractivity contribution in [3.05, 3.63) is 29.8 Å². The summed E-state index contributed by atoms with van der Waals surface area (Å²) in [5.41, 5.74) is -0.432. The van der Waals surface area contributed by atoms with Gasteiger partial charge >= 0.3 is 12.6 Å². The highest BCUT2D eigenvalue weighted by molar-refractivity contribution is 5.94. The Bertz CT molecular complexity index is 745. The maximum absolute atomic E-state index is 12.8. The molecule has 0 atom stereocenters. The monoisotopic (exact) mass is 428 g/mol. The Labute approximate surface area is 176 Å². The number of halogens is 2. The minimum atomic E-state index is -3.05. The first-order valence-electron chi connectivity index (χ1n) is 9.38. The van der Waals surface area contributed by atoms with E-state index in [0.717, 1.165) is 0 Å². The van der Waals surface area contributed by atoms with Crippen molar-refractivity contribution in [2.24, 2.45) is 0 Å². The molecule has 30 heavy (non-hydrogen) atoms. The molecular weight excluding hydrogens is 398 g/mol. The van der Waals surface area contributed by atoms with E-state index in [-0.39, 0.29) is 30.2 Å². The number of likely N-dealkylation sites (N-methyl/N-ethyl adjacent to an activating group) is 1. The SMILES string of the molecule is COc1cccc(/C=C/C(=O)N(CCN(C)C)CC(=O)OC(C)(C)C)c1OC(F)F. The van der Waals surface area contributed by atoms with Crippen LogP contribution in [0.25, 0.3) is 6.08 Å². The Balaban J connectivity index is 3.04. The number of benzene rings is 1. The second-order valence-corrected chi connectivity index (χ2v) is 7.74. The normalized spacial score (nSPS) is 11.8. The number of alkyl halides is 2. The maximum Gasteiger partial charge on any atom is 0.387 e. The Kier molecular flexibility index (Phi) is 9.71. The van der Waals surface area contributed by atoms with Gasteiger partial charge in [0.05, 0.1) is 7.11 Å². The lowest BCUT2D eigenvalue weighted by atomic mass is 10.1. The molecule has 0 saturated heterocycles. The van der Waals surface area contributed by atoms with Crippen molar-refractivity contribution >= 4 is 18.0 Å². The van der Waals surface area contributed by atoms with Crippen LogP contribution >= 0.6 is 0 Å².